The molecule has 1 aromatic heterocycles. The molecular weight excluding hydrogens is 330 g/mol. The molecule has 2 saturated heterocycles. The van der Waals surface area contributed by atoms with Gasteiger partial charge >= 0.3 is 0 Å². The van der Waals surface area contributed by atoms with Crippen LogP contribution in [0.4, 0.5) is 5.13 Å². The Morgan fingerprint density at radius 2 is 2.00 bits per heavy atom. The van der Waals surface area contributed by atoms with Crippen molar-refractivity contribution in [2.24, 2.45) is 5.92 Å². The van der Waals surface area contributed by atoms with Crippen molar-refractivity contribution >= 4 is 22.4 Å². The minimum atomic E-state index is 0.104. The van der Waals surface area contributed by atoms with Gasteiger partial charge in [0, 0.05) is 29.4 Å². The lowest BCUT2D eigenvalue weighted by molar-refractivity contribution is -0.117. The number of fused-ring (bicyclic) bond motifs is 2. The highest BCUT2D eigenvalue weighted by atomic mass is 32.1. The Kier molecular flexibility index (Phi) is 4.61. The van der Waals surface area contributed by atoms with E-state index in [9.17, 15) is 4.79 Å². The van der Waals surface area contributed by atoms with Gasteiger partial charge in [-0.2, -0.15) is 0 Å². The van der Waals surface area contributed by atoms with E-state index in [1.165, 1.54) is 35.3 Å². The molecule has 132 valence electrons. The van der Waals surface area contributed by atoms with Crippen molar-refractivity contribution < 1.29 is 4.79 Å². The predicted molar refractivity (Wildman–Crippen MR) is 103 cm³/mol. The summed E-state index contributed by atoms with van der Waals surface area (Å²) in [5.41, 5.74) is 4.58. The third kappa shape index (κ3) is 3.77. The quantitative estimate of drug-likeness (QED) is 0.860. The van der Waals surface area contributed by atoms with Crippen LogP contribution >= 0.6 is 11.3 Å². The second-order valence-electron chi connectivity index (χ2n) is 7.56. The van der Waals surface area contributed by atoms with Crippen LogP contribution in [0, 0.1) is 19.8 Å². The number of piperidine rings is 1. The zero-order valence-electron chi connectivity index (χ0n) is 14.8. The number of anilines is 1. The molecule has 2 aromatic rings. The molecule has 5 heteroatoms. The molecular formula is C20H25N3OS. The first-order valence-electron chi connectivity index (χ1n) is 9.16. The highest BCUT2D eigenvalue weighted by Crippen LogP contribution is 2.33. The fourth-order valence-electron chi connectivity index (χ4n) is 4.14. The molecule has 25 heavy (non-hydrogen) atoms. The molecule has 2 aliphatic rings. The van der Waals surface area contributed by atoms with Crippen LogP contribution in [0.15, 0.2) is 23.6 Å². The molecule has 4 nitrogen and oxygen atoms in total. The Morgan fingerprint density at radius 1 is 1.24 bits per heavy atom. The maximum atomic E-state index is 12.4. The first-order chi connectivity index (χ1) is 12.1. The number of benzene rings is 1. The molecule has 1 amide bonds. The fourth-order valence-corrected chi connectivity index (χ4v) is 4.87. The van der Waals surface area contributed by atoms with E-state index in [0.29, 0.717) is 29.6 Å². The van der Waals surface area contributed by atoms with E-state index in [4.69, 9.17) is 0 Å². The Labute approximate surface area is 153 Å². The summed E-state index contributed by atoms with van der Waals surface area (Å²) in [6.45, 7) is 4.22. The Morgan fingerprint density at radius 3 is 2.72 bits per heavy atom. The van der Waals surface area contributed by atoms with Gasteiger partial charge in [0.2, 0.25) is 5.91 Å². The van der Waals surface area contributed by atoms with Gasteiger partial charge in [-0.25, -0.2) is 4.98 Å². The number of nitrogens with zero attached hydrogens (tertiary/aromatic N) is 1. The van der Waals surface area contributed by atoms with Crippen molar-refractivity contribution in [3.63, 3.8) is 0 Å². The van der Waals surface area contributed by atoms with Gasteiger partial charge in [0.05, 0.1) is 5.69 Å². The molecule has 3 heterocycles. The number of nitrogens with one attached hydrogen (secondary N) is 2. The van der Waals surface area contributed by atoms with E-state index in [1.54, 1.807) is 0 Å². The zero-order chi connectivity index (χ0) is 17.4. The van der Waals surface area contributed by atoms with Crippen LogP contribution in [0.5, 0.6) is 0 Å². The van der Waals surface area contributed by atoms with Gasteiger partial charge in [-0.1, -0.05) is 12.1 Å². The van der Waals surface area contributed by atoms with E-state index < -0.39 is 0 Å². The van der Waals surface area contributed by atoms with E-state index >= 15 is 0 Å². The van der Waals surface area contributed by atoms with Crippen molar-refractivity contribution in [1.82, 2.24) is 10.3 Å². The van der Waals surface area contributed by atoms with Gasteiger partial charge in [0.25, 0.3) is 0 Å². The summed E-state index contributed by atoms with van der Waals surface area (Å²) in [5.74, 6) is 0.616. The Hall–Kier alpha value is -1.72. The SMILES string of the molecule is Cc1ccc(-c2csc(NC(=O)CC3CC4CCC(C3)N4)n2)cc1C. The monoisotopic (exact) mass is 355 g/mol. The predicted octanol–water partition coefficient (Wildman–Crippen LogP) is 4.29. The molecule has 2 aliphatic heterocycles. The second kappa shape index (κ2) is 6.89. The van der Waals surface area contributed by atoms with Gasteiger partial charge in [0.15, 0.2) is 5.13 Å². The van der Waals surface area contributed by atoms with Crippen LogP contribution in [0.3, 0.4) is 0 Å². The number of aromatic nitrogens is 1. The first-order valence-corrected chi connectivity index (χ1v) is 10.0. The molecule has 2 bridgehead atoms. The molecule has 0 radical (unpaired) electrons. The summed E-state index contributed by atoms with van der Waals surface area (Å²) in [6, 6.07) is 7.63. The third-order valence-electron chi connectivity index (χ3n) is 5.60. The molecule has 2 N–H and O–H groups in total. The normalized spacial score (nSPS) is 25.1. The lowest BCUT2D eigenvalue weighted by Crippen LogP contribution is -2.39. The first kappa shape index (κ1) is 16.7. The van der Waals surface area contributed by atoms with Gasteiger partial charge in [0.1, 0.15) is 0 Å². The van der Waals surface area contributed by atoms with Crippen molar-refractivity contribution in [1.29, 1.82) is 0 Å². The minimum Gasteiger partial charge on any atom is -0.311 e. The van der Waals surface area contributed by atoms with Gasteiger partial charge < -0.3 is 10.6 Å². The maximum absolute atomic E-state index is 12.4. The highest BCUT2D eigenvalue weighted by Gasteiger charge is 2.34. The number of hydrogen-bond donors (Lipinski definition) is 2. The number of carbonyl (C=O) groups is 1. The molecule has 4 rings (SSSR count). The van der Waals surface area contributed by atoms with E-state index in [1.807, 2.05) is 5.38 Å². The lowest BCUT2D eigenvalue weighted by Gasteiger charge is -2.28. The Bertz CT molecular complexity index is 773. The smallest absolute Gasteiger partial charge is 0.226 e. The van der Waals surface area contributed by atoms with Crippen LogP contribution in [0.1, 0.15) is 43.2 Å². The lowest BCUT2D eigenvalue weighted by atomic mass is 9.89. The van der Waals surface area contributed by atoms with Gasteiger partial charge in [-0.05, 0) is 62.6 Å². The van der Waals surface area contributed by atoms with E-state index in [0.717, 1.165) is 24.1 Å². The largest absolute Gasteiger partial charge is 0.311 e. The van der Waals surface area contributed by atoms with Crippen molar-refractivity contribution in [2.75, 3.05) is 5.32 Å². The number of hydrogen-bond acceptors (Lipinski definition) is 4. The average molecular weight is 356 g/mol. The molecule has 0 aliphatic carbocycles. The van der Waals surface area contributed by atoms with Gasteiger partial charge in [-0.15, -0.1) is 11.3 Å². The summed E-state index contributed by atoms with van der Waals surface area (Å²) < 4.78 is 0. The summed E-state index contributed by atoms with van der Waals surface area (Å²) in [5, 5.41) is 9.36. The van der Waals surface area contributed by atoms with Crippen LogP contribution in [-0.4, -0.2) is 23.0 Å². The zero-order valence-corrected chi connectivity index (χ0v) is 15.7. The van der Waals surface area contributed by atoms with Crippen LogP contribution in [0.25, 0.3) is 11.3 Å². The number of thiazole rings is 1. The maximum Gasteiger partial charge on any atom is 0.226 e. The summed E-state index contributed by atoms with van der Waals surface area (Å²) in [4.78, 5) is 17.0. The summed E-state index contributed by atoms with van der Waals surface area (Å²) in [6.07, 6.45) is 5.43. The number of aryl methyl sites for hydroxylation is 2. The highest BCUT2D eigenvalue weighted by molar-refractivity contribution is 7.14. The van der Waals surface area contributed by atoms with E-state index in [-0.39, 0.29) is 5.91 Å². The number of rotatable bonds is 4. The molecule has 1 aromatic carbocycles. The van der Waals surface area contributed by atoms with Crippen molar-refractivity contribution in [2.45, 2.75) is 58.0 Å². The standard InChI is InChI=1S/C20H25N3OS/c1-12-3-4-15(7-13(12)2)18-11-25-20(22-18)23-19(24)10-14-8-16-5-6-17(9-14)21-16/h3-4,7,11,14,16-17,21H,5-6,8-10H2,1-2H3,(H,22,23,24). The summed E-state index contributed by atoms with van der Waals surface area (Å²) >= 11 is 1.50. The van der Waals surface area contributed by atoms with Crippen LogP contribution in [-0.2, 0) is 4.79 Å². The van der Waals surface area contributed by atoms with Crippen LogP contribution < -0.4 is 10.6 Å². The molecule has 2 atom stereocenters. The minimum absolute atomic E-state index is 0.104. The molecule has 0 spiro atoms. The summed E-state index contributed by atoms with van der Waals surface area (Å²) in [7, 11) is 0. The fraction of sp³-hybridized carbons (Fsp3) is 0.500. The van der Waals surface area contributed by atoms with Gasteiger partial charge in [-0.3, -0.25) is 4.79 Å². The Balaban J connectivity index is 1.37. The molecule has 2 fully saturated rings. The molecule has 2 unspecified atom stereocenters. The van der Waals surface area contributed by atoms with Crippen molar-refractivity contribution in [3.8, 4) is 11.3 Å². The second-order valence-corrected chi connectivity index (χ2v) is 8.42. The van der Waals surface area contributed by atoms with E-state index in [2.05, 4.69) is 47.7 Å². The van der Waals surface area contributed by atoms with Crippen molar-refractivity contribution in [3.05, 3.63) is 34.7 Å². The van der Waals surface area contributed by atoms with Crippen LogP contribution in [0.2, 0.25) is 0 Å². The number of amides is 1. The number of carbonyl (C=O) groups excluding carboxylic acids is 1. The third-order valence-corrected chi connectivity index (χ3v) is 6.36. The topological polar surface area (TPSA) is 54.0 Å². The molecule has 0 saturated carbocycles. The average Bonchev–Trinajstić information content (AvgIpc) is 3.16.